The van der Waals surface area contributed by atoms with Gasteiger partial charge in [0.2, 0.25) is 0 Å². The summed E-state index contributed by atoms with van der Waals surface area (Å²) in [5, 5.41) is 39.3. The third-order valence-electron chi connectivity index (χ3n) is 4.66. The predicted molar refractivity (Wildman–Crippen MR) is 115 cm³/mol. The van der Waals surface area contributed by atoms with Crippen molar-refractivity contribution in [3.05, 3.63) is 96.2 Å². The topological polar surface area (TPSA) is 131 Å². The van der Waals surface area contributed by atoms with Gasteiger partial charge < -0.3 is 10.5 Å². The fourth-order valence-electron chi connectivity index (χ4n) is 3.11. The normalized spacial score (nSPS) is 12.9. The molecule has 0 bridgehead atoms. The second-order valence-corrected chi connectivity index (χ2v) is 7.73. The van der Waals surface area contributed by atoms with Gasteiger partial charge in [-0.3, -0.25) is 20.2 Å². The molecule has 0 fully saturated rings. The van der Waals surface area contributed by atoms with Gasteiger partial charge in [0.25, 0.3) is 11.4 Å². The summed E-state index contributed by atoms with van der Waals surface area (Å²) in [7, 11) is 0. The number of anilines is 1. The first kappa shape index (κ1) is 23.7. The van der Waals surface area contributed by atoms with Crippen molar-refractivity contribution in [2.75, 3.05) is 5.32 Å². The summed E-state index contributed by atoms with van der Waals surface area (Å²) in [6.45, 7) is 0. The molecule has 0 aliphatic carbocycles. The average Bonchev–Trinajstić information content (AvgIpc) is 3.31. The van der Waals surface area contributed by atoms with Crippen LogP contribution < -0.4 is 5.32 Å². The molecule has 9 nitrogen and oxygen atoms in total. The SMILES string of the molecule is O=[N+]([O-])c1ccc(/C(CC(Nc2ccc([N+](=O)[O-])c(C(F)(F)F)c2)c2cccs2)=N\O)cc1. The molecule has 0 saturated heterocycles. The molecule has 0 spiro atoms. The first-order chi connectivity index (χ1) is 15.6. The van der Waals surface area contributed by atoms with Gasteiger partial charge >= 0.3 is 6.18 Å². The molecule has 2 aromatic carbocycles. The maximum absolute atomic E-state index is 13.3. The van der Waals surface area contributed by atoms with E-state index in [1.54, 1.807) is 17.5 Å². The summed E-state index contributed by atoms with van der Waals surface area (Å²) in [4.78, 5) is 20.9. The third-order valence-corrected chi connectivity index (χ3v) is 5.64. The lowest BCUT2D eigenvalue weighted by Gasteiger charge is -2.20. The number of nitrogens with one attached hydrogen (secondary N) is 1. The molecular weight excluding hydrogens is 465 g/mol. The number of thiophene rings is 1. The Kier molecular flexibility index (Phi) is 6.92. The zero-order valence-electron chi connectivity index (χ0n) is 16.5. The Morgan fingerprint density at radius 1 is 1.09 bits per heavy atom. The van der Waals surface area contributed by atoms with Crippen molar-refractivity contribution >= 4 is 34.1 Å². The maximum Gasteiger partial charge on any atom is 0.423 e. The Labute approximate surface area is 188 Å². The molecule has 1 aromatic heterocycles. The zero-order valence-corrected chi connectivity index (χ0v) is 17.3. The maximum atomic E-state index is 13.3. The number of nitro benzene ring substituents is 2. The third kappa shape index (κ3) is 5.63. The molecule has 1 heterocycles. The number of nitro groups is 2. The number of non-ortho nitro benzene ring substituents is 1. The first-order valence-electron chi connectivity index (χ1n) is 9.21. The zero-order chi connectivity index (χ0) is 24.2. The summed E-state index contributed by atoms with van der Waals surface area (Å²) in [6, 6.07) is 10.6. The highest BCUT2D eigenvalue weighted by molar-refractivity contribution is 7.10. The second-order valence-electron chi connectivity index (χ2n) is 6.75. The molecule has 13 heteroatoms. The molecule has 0 aliphatic rings. The Balaban J connectivity index is 1.93. The van der Waals surface area contributed by atoms with Crippen LogP contribution in [0.25, 0.3) is 0 Å². The van der Waals surface area contributed by atoms with Crippen LogP contribution in [0.15, 0.2) is 65.1 Å². The van der Waals surface area contributed by atoms with E-state index < -0.39 is 33.3 Å². The van der Waals surface area contributed by atoms with Crippen LogP contribution in [0.2, 0.25) is 0 Å². The number of hydrogen-bond donors (Lipinski definition) is 2. The minimum absolute atomic E-state index is 0.00711. The molecule has 0 amide bonds. The fraction of sp³-hybridized carbons (Fsp3) is 0.150. The minimum atomic E-state index is -4.94. The molecule has 0 aliphatic heterocycles. The van der Waals surface area contributed by atoms with Gasteiger partial charge in [-0.1, -0.05) is 11.2 Å². The fourth-order valence-corrected chi connectivity index (χ4v) is 3.89. The molecule has 1 atom stereocenters. The van der Waals surface area contributed by atoms with Crippen LogP contribution in [0, 0.1) is 20.2 Å². The van der Waals surface area contributed by atoms with Crippen LogP contribution in [0.5, 0.6) is 0 Å². The van der Waals surface area contributed by atoms with Crippen molar-refractivity contribution < 1.29 is 28.2 Å². The highest BCUT2D eigenvalue weighted by Crippen LogP contribution is 2.38. The highest BCUT2D eigenvalue weighted by atomic mass is 32.1. The quantitative estimate of drug-likeness (QED) is 0.176. The molecular formula is C20H15F3N4O5S. The first-order valence-corrected chi connectivity index (χ1v) is 10.1. The second kappa shape index (κ2) is 9.65. The standard InChI is InChI=1S/C20H15F3N4O5S/c21-20(22,23)15-10-13(5-8-18(15)27(31)32)24-17(19-2-1-9-33-19)11-16(25-28)12-3-6-14(7-4-12)26(29)30/h1-10,17,24,28H,11H2/b25-16-. The van der Waals surface area contributed by atoms with Gasteiger partial charge in [-0.2, -0.15) is 13.2 Å². The Morgan fingerprint density at radius 3 is 2.30 bits per heavy atom. The Morgan fingerprint density at radius 2 is 1.79 bits per heavy atom. The number of halogens is 3. The van der Waals surface area contributed by atoms with Gasteiger partial charge in [-0.05, 0) is 41.3 Å². The monoisotopic (exact) mass is 480 g/mol. The number of oxime groups is 1. The summed E-state index contributed by atoms with van der Waals surface area (Å²) >= 11 is 1.30. The largest absolute Gasteiger partial charge is 0.423 e. The van der Waals surface area contributed by atoms with Crippen molar-refractivity contribution in [3.8, 4) is 0 Å². The number of hydrogen-bond acceptors (Lipinski definition) is 8. The highest BCUT2D eigenvalue weighted by Gasteiger charge is 2.38. The van der Waals surface area contributed by atoms with E-state index in [-0.39, 0.29) is 23.5 Å². The molecule has 1 unspecified atom stereocenters. The van der Waals surface area contributed by atoms with Crippen molar-refractivity contribution in [1.29, 1.82) is 0 Å². The van der Waals surface area contributed by atoms with E-state index in [2.05, 4.69) is 10.5 Å². The van der Waals surface area contributed by atoms with Gasteiger partial charge in [-0.15, -0.1) is 11.3 Å². The summed E-state index contributed by atoms with van der Waals surface area (Å²) in [5.41, 5.74) is -2.13. The number of alkyl halides is 3. The lowest BCUT2D eigenvalue weighted by Crippen LogP contribution is -2.16. The molecule has 0 radical (unpaired) electrons. The van der Waals surface area contributed by atoms with E-state index in [0.29, 0.717) is 16.5 Å². The molecule has 0 saturated carbocycles. The molecule has 172 valence electrons. The average molecular weight is 480 g/mol. The van der Waals surface area contributed by atoms with Crippen molar-refractivity contribution in [2.24, 2.45) is 5.16 Å². The van der Waals surface area contributed by atoms with Crippen LogP contribution in [0.4, 0.5) is 30.2 Å². The van der Waals surface area contributed by atoms with Crippen molar-refractivity contribution in [1.82, 2.24) is 0 Å². The summed E-state index contributed by atoms with van der Waals surface area (Å²) in [6.07, 6.45) is -4.93. The number of nitrogens with zero attached hydrogens (tertiary/aromatic N) is 3. The summed E-state index contributed by atoms with van der Waals surface area (Å²) < 4.78 is 40.0. The molecule has 33 heavy (non-hydrogen) atoms. The van der Waals surface area contributed by atoms with Gasteiger partial charge in [0.1, 0.15) is 5.56 Å². The van der Waals surface area contributed by atoms with Gasteiger partial charge in [-0.25, -0.2) is 0 Å². The van der Waals surface area contributed by atoms with E-state index in [9.17, 15) is 38.6 Å². The lowest BCUT2D eigenvalue weighted by molar-refractivity contribution is -0.388. The Hall–Kier alpha value is -4.00. The lowest BCUT2D eigenvalue weighted by atomic mass is 10.0. The molecule has 2 N–H and O–H groups in total. The van der Waals surface area contributed by atoms with Crippen LogP contribution in [-0.2, 0) is 6.18 Å². The predicted octanol–water partition coefficient (Wildman–Crippen LogP) is 6.01. The van der Waals surface area contributed by atoms with Crippen molar-refractivity contribution in [2.45, 2.75) is 18.6 Å². The van der Waals surface area contributed by atoms with Gasteiger partial charge in [0.15, 0.2) is 0 Å². The Bertz CT molecular complexity index is 1180. The smallest absolute Gasteiger partial charge is 0.411 e. The summed E-state index contributed by atoms with van der Waals surface area (Å²) in [5.74, 6) is 0. The van der Waals surface area contributed by atoms with Crippen LogP contribution in [0.3, 0.4) is 0 Å². The van der Waals surface area contributed by atoms with E-state index in [1.165, 1.54) is 35.6 Å². The van der Waals surface area contributed by atoms with Crippen molar-refractivity contribution in [3.63, 3.8) is 0 Å². The molecule has 3 aromatic rings. The molecule has 3 rings (SSSR count). The van der Waals surface area contributed by atoms with Crippen LogP contribution in [-0.4, -0.2) is 20.8 Å². The van der Waals surface area contributed by atoms with Gasteiger partial charge in [0.05, 0.1) is 21.6 Å². The minimum Gasteiger partial charge on any atom is -0.411 e. The van der Waals surface area contributed by atoms with E-state index >= 15 is 0 Å². The number of rotatable bonds is 8. The van der Waals surface area contributed by atoms with Crippen LogP contribution in [0.1, 0.15) is 28.5 Å². The van der Waals surface area contributed by atoms with E-state index in [0.717, 1.165) is 12.1 Å². The van der Waals surface area contributed by atoms with E-state index in [4.69, 9.17) is 0 Å². The van der Waals surface area contributed by atoms with E-state index in [1.807, 2.05) is 0 Å². The number of benzene rings is 2. The van der Waals surface area contributed by atoms with Gasteiger partial charge in [0, 0.05) is 35.2 Å². The van der Waals surface area contributed by atoms with Crippen LogP contribution >= 0.6 is 11.3 Å².